The average molecular weight is 867 g/mol. The molecule has 0 bridgehead atoms. The van der Waals surface area contributed by atoms with E-state index in [4.69, 9.17) is 48.9 Å². The van der Waals surface area contributed by atoms with E-state index < -0.39 is 49.1 Å². The molecule has 0 spiro atoms. The standard InChI is InChI=1S/C40H62N14O8/c1-49(2)23-11-13-51(15-23)39-45-33(27-35(47-39)53(19-41-27)37-31(57)29(55)25(61-37)17-59-5)43-21-7-9-22(10-8-21)44-34-28-36(48-40(46-34)52-14-12-24(16-52)50(3)4)54(20-42-28)38-32(58)30(56)26(62-38)18-60-6/h19-26,29-32,37-38,55-58H,7-18H2,1-6H3,(H,43,45,47)(H,44,46,48)/t21-,22-,23-,24-,25-,26-,29-,30-,31-,32-,37-,38-/m1/s1. The molecule has 62 heavy (non-hydrogen) atoms. The van der Waals surface area contributed by atoms with Gasteiger partial charge in [-0.1, -0.05) is 0 Å². The van der Waals surface area contributed by atoms with E-state index in [1.54, 1.807) is 21.8 Å². The number of anilines is 4. The van der Waals surface area contributed by atoms with Gasteiger partial charge >= 0.3 is 0 Å². The van der Waals surface area contributed by atoms with Crippen LogP contribution in [0, 0.1) is 0 Å². The van der Waals surface area contributed by atoms with Gasteiger partial charge in [-0.25, -0.2) is 9.97 Å². The van der Waals surface area contributed by atoms with Gasteiger partial charge in [0.1, 0.15) is 36.6 Å². The van der Waals surface area contributed by atoms with Gasteiger partial charge in [0.15, 0.2) is 46.4 Å². The molecule has 6 N–H and O–H groups in total. The molecule has 340 valence electrons. The van der Waals surface area contributed by atoms with Gasteiger partial charge in [-0.15, -0.1) is 0 Å². The zero-order valence-corrected chi connectivity index (χ0v) is 36.4. The van der Waals surface area contributed by atoms with Crippen LogP contribution >= 0.6 is 0 Å². The maximum atomic E-state index is 11.1. The second kappa shape index (κ2) is 17.8. The molecule has 5 aliphatic rings. The number of ether oxygens (including phenoxy) is 4. The SMILES string of the molecule is COC[C@H]1O[C@@H](n2cnc3c(N[C@H]4CC[C@H](Nc5nc(N6CC[C@@H](N(C)C)C6)nc6c5ncn6[C@@H]5O[C@H](COC)[C@@H](O)[C@H]5O)CC4)nc(N4CC[C@@H](N(C)C)C4)nc32)[C@H](O)[C@@H]1O. The van der Waals surface area contributed by atoms with Crippen LogP contribution in [0.4, 0.5) is 23.5 Å². The third kappa shape index (κ3) is 8.14. The van der Waals surface area contributed by atoms with Crippen LogP contribution in [0.5, 0.6) is 0 Å². The fourth-order valence-corrected chi connectivity index (χ4v) is 9.65. The Morgan fingerprint density at radius 2 is 1.02 bits per heavy atom. The quantitative estimate of drug-likeness (QED) is 0.0946. The summed E-state index contributed by atoms with van der Waals surface area (Å²) in [5.74, 6) is 2.36. The molecule has 4 aromatic heterocycles. The second-order valence-electron chi connectivity index (χ2n) is 17.9. The Labute approximate surface area is 360 Å². The number of fused-ring (bicyclic) bond motifs is 2. The highest BCUT2D eigenvalue weighted by atomic mass is 16.6. The third-order valence-corrected chi connectivity index (χ3v) is 13.5. The summed E-state index contributed by atoms with van der Waals surface area (Å²) >= 11 is 0. The summed E-state index contributed by atoms with van der Waals surface area (Å²) in [4.78, 5) is 38.4. The van der Waals surface area contributed by atoms with Gasteiger partial charge in [-0.2, -0.15) is 19.9 Å². The van der Waals surface area contributed by atoms with Crippen molar-refractivity contribution in [2.24, 2.45) is 0 Å². The van der Waals surface area contributed by atoms with E-state index in [0.29, 0.717) is 57.9 Å². The Morgan fingerprint density at radius 3 is 1.37 bits per heavy atom. The molecule has 10 atom stereocenters. The topological polar surface area (TPSA) is 242 Å². The van der Waals surface area contributed by atoms with Crippen LogP contribution < -0.4 is 20.4 Å². The number of nitrogens with one attached hydrogen (secondary N) is 2. The molecule has 22 heteroatoms. The van der Waals surface area contributed by atoms with E-state index in [1.807, 2.05) is 0 Å². The number of methoxy groups -OCH3 is 2. The van der Waals surface area contributed by atoms with Crippen molar-refractivity contribution in [2.75, 3.05) is 102 Å². The summed E-state index contributed by atoms with van der Waals surface area (Å²) in [6.07, 6.45) is 0.570. The number of likely N-dealkylation sites (N-methyl/N-ethyl adjacent to an activating group) is 2. The summed E-state index contributed by atoms with van der Waals surface area (Å²) < 4.78 is 26.1. The molecule has 0 aromatic carbocycles. The summed E-state index contributed by atoms with van der Waals surface area (Å²) in [5.41, 5.74) is 2.13. The smallest absolute Gasteiger partial charge is 0.229 e. The molecule has 1 aliphatic carbocycles. The Morgan fingerprint density at radius 1 is 0.613 bits per heavy atom. The second-order valence-corrected chi connectivity index (χ2v) is 17.9. The van der Waals surface area contributed by atoms with Crippen molar-refractivity contribution in [3.05, 3.63) is 12.7 Å². The molecule has 1 saturated carbocycles. The molecular weight excluding hydrogens is 805 g/mol. The highest BCUT2D eigenvalue weighted by Gasteiger charge is 2.46. The van der Waals surface area contributed by atoms with Crippen molar-refractivity contribution in [3.8, 4) is 0 Å². The predicted octanol–water partition coefficient (Wildman–Crippen LogP) is -0.387. The van der Waals surface area contributed by atoms with Crippen molar-refractivity contribution in [1.29, 1.82) is 0 Å². The van der Waals surface area contributed by atoms with Gasteiger partial charge in [0.2, 0.25) is 11.9 Å². The zero-order valence-electron chi connectivity index (χ0n) is 36.4. The van der Waals surface area contributed by atoms with Crippen LogP contribution in [0.3, 0.4) is 0 Å². The van der Waals surface area contributed by atoms with E-state index in [1.165, 1.54) is 14.2 Å². The van der Waals surface area contributed by atoms with Gasteiger partial charge in [-0.05, 0) is 66.7 Å². The number of aliphatic hydroxyl groups is 4. The van der Waals surface area contributed by atoms with Crippen molar-refractivity contribution < 1.29 is 39.4 Å². The minimum atomic E-state index is -1.20. The fourth-order valence-electron chi connectivity index (χ4n) is 9.65. The number of aromatic nitrogens is 8. The lowest BCUT2D eigenvalue weighted by Crippen LogP contribution is -2.34. The summed E-state index contributed by atoms with van der Waals surface area (Å²) in [6.45, 7) is 3.40. The fraction of sp³-hybridized carbons (Fsp3) is 0.750. The van der Waals surface area contributed by atoms with E-state index >= 15 is 0 Å². The number of hydrogen-bond donors (Lipinski definition) is 6. The number of aliphatic hydroxyl groups excluding tert-OH is 4. The van der Waals surface area contributed by atoms with Gasteiger partial charge in [-0.3, -0.25) is 9.13 Å². The molecule has 22 nitrogen and oxygen atoms in total. The number of nitrogens with zero attached hydrogens (tertiary/aromatic N) is 12. The van der Waals surface area contributed by atoms with Gasteiger partial charge in [0, 0.05) is 64.6 Å². The first-order valence-corrected chi connectivity index (χ1v) is 21.8. The molecule has 4 aromatic rings. The van der Waals surface area contributed by atoms with Crippen LogP contribution in [0.1, 0.15) is 51.0 Å². The highest BCUT2D eigenvalue weighted by molar-refractivity contribution is 5.85. The van der Waals surface area contributed by atoms with Crippen molar-refractivity contribution in [3.63, 3.8) is 0 Å². The van der Waals surface area contributed by atoms with Crippen molar-refractivity contribution in [1.82, 2.24) is 48.8 Å². The molecule has 5 fully saturated rings. The lowest BCUT2D eigenvalue weighted by atomic mass is 9.91. The summed E-state index contributed by atoms with van der Waals surface area (Å²) in [5, 5.41) is 51.1. The Balaban J connectivity index is 0.954. The van der Waals surface area contributed by atoms with E-state index in [-0.39, 0.29) is 25.3 Å². The Bertz CT molecular complexity index is 2020. The number of imidazole rings is 2. The molecule has 9 rings (SSSR count). The molecule has 0 unspecified atom stereocenters. The predicted molar refractivity (Wildman–Crippen MR) is 228 cm³/mol. The normalized spacial score (nSPS) is 33.0. The van der Waals surface area contributed by atoms with Crippen LogP contribution in [-0.2, 0) is 18.9 Å². The van der Waals surface area contributed by atoms with Crippen LogP contribution in [0.15, 0.2) is 12.7 Å². The molecule has 4 saturated heterocycles. The Hall–Kier alpha value is -4.10. The lowest BCUT2D eigenvalue weighted by molar-refractivity contribution is -0.0580. The average Bonchev–Trinajstić information content (AvgIpc) is 4.13. The van der Waals surface area contributed by atoms with Crippen LogP contribution in [0.25, 0.3) is 22.3 Å². The van der Waals surface area contributed by atoms with Crippen molar-refractivity contribution in [2.45, 2.75) is 112 Å². The monoisotopic (exact) mass is 866 g/mol. The first-order valence-electron chi connectivity index (χ1n) is 21.8. The van der Waals surface area contributed by atoms with Crippen LogP contribution in [-0.4, -0.2) is 212 Å². The third-order valence-electron chi connectivity index (χ3n) is 13.5. The minimum Gasteiger partial charge on any atom is -0.387 e. The maximum absolute atomic E-state index is 11.1. The maximum Gasteiger partial charge on any atom is 0.229 e. The summed E-state index contributed by atoms with van der Waals surface area (Å²) in [7, 11) is 11.4. The molecule has 0 radical (unpaired) electrons. The zero-order chi connectivity index (χ0) is 43.4. The van der Waals surface area contributed by atoms with Crippen molar-refractivity contribution >= 4 is 45.9 Å². The molecule has 8 heterocycles. The summed E-state index contributed by atoms with van der Waals surface area (Å²) in [6, 6.07) is 0.884. The number of rotatable bonds is 14. The van der Waals surface area contributed by atoms with Gasteiger partial charge in [0.25, 0.3) is 0 Å². The van der Waals surface area contributed by atoms with Gasteiger partial charge < -0.3 is 69.6 Å². The number of hydrogen-bond acceptors (Lipinski definition) is 20. The molecule has 4 aliphatic heterocycles. The molecular formula is C40H62N14O8. The van der Waals surface area contributed by atoms with Gasteiger partial charge in [0.05, 0.1) is 25.9 Å². The first kappa shape index (κ1) is 43.2. The van der Waals surface area contributed by atoms with E-state index in [9.17, 15) is 20.4 Å². The Kier molecular flexibility index (Phi) is 12.4. The van der Waals surface area contributed by atoms with E-state index in [0.717, 1.165) is 64.7 Å². The molecule has 0 amide bonds. The highest BCUT2D eigenvalue weighted by Crippen LogP contribution is 2.37. The van der Waals surface area contributed by atoms with Crippen LogP contribution in [0.2, 0.25) is 0 Å². The first-order chi connectivity index (χ1) is 29.9. The van der Waals surface area contributed by atoms with E-state index in [2.05, 4.69) is 58.4 Å². The largest absolute Gasteiger partial charge is 0.387 e. The minimum absolute atomic E-state index is 0.0821. The lowest BCUT2D eigenvalue weighted by Gasteiger charge is -2.31.